The van der Waals surface area contributed by atoms with Crippen molar-refractivity contribution in [3.05, 3.63) is 239 Å². The van der Waals surface area contributed by atoms with E-state index in [1.807, 2.05) is 203 Å². The Balaban J connectivity index is 0.000000213. The van der Waals surface area contributed by atoms with Gasteiger partial charge < -0.3 is 34.3 Å². The second kappa shape index (κ2) is 21.9. The highest BCUT2D eigenvalue weighted by atomic mass is 16.3. The zero-order valence-corrected chi connectivity index (χ0v) is 44.9. The SMILES string of the molecule is CC(C)N(C(=O)c1ccc2cc(C(O)(CCO)c3cn(C(c4ccccc4)(c4ccccc4)c4ccccc4)cn3)ccc2c1)C(C)C.CC(C)N(C(=O)c1ccc2cc(C3(O)CCn4cncc43)ccc2c1)C(C)C. The van der Waals surface area contributed by atoms with Gasteiger partial charge in [-0.2, -0.15) is 0 Å². The summed E-state index contributed by atoms with van der Waals surface area (Å²) in [5.41, 5.74) is 3.82. The minimum absolute atomic E-state index is 0.00738. The lowest BCUT2D eigenvalue weighted by Gasteiger charge is -2.37. The average Bonchev–Trinajstić information content (AvgIpc) is 4.23. The summed E-state index contributed by atoms with van der Waals surface area (Å²) >= 11 is 0. The van der Waals surface area contributed by atoms with Crippen LogP contribution >= 0.6 is 0 Å². The third-order valence-corrected chi connectivity index (χ3v) is 15.1. The van der Waals surface area contributed by atoms with E-state index in [0.29, 0.717) is 28.8 Å². The Kier molecular flexibility index (Phi) is 15.3. The zero-order chi connectivity index (χ0) is 53.9. The summed E-state index contributed by atoms with van der Waals surface area (Å²) in [6, 6.07) is 54.6. The number of rotatable bonds is 15. The van der Waals surface area contributed by atoms with Gasteiger partial charge in [-0.25, -0.2) is 9.97 Å². The van der Waals surface area contributed by atoms with Crippen LogP contribution in [0.5, 0.6) is 0 Å². The summed E-state index contributed by atoms with van der Waals surface area (Å²) in [7, 11) is 0. The van der Waals surface area contributed by atoms with Crippen molar-refractivity contribution in [3.63, 3.8) is 0 Å². The predicted octanol–water partition coefficient (Wildman–Crippen LogP) is 11.7. The molecule has 3 heterocycles. The van der Waals surface area contributed by atoms with Crippen LogP contribution < -0.4 is 0 Å². The van der Waals surface area contributed by atoms with E-state index >= 15 is 0 Å². The summed E-state index contributed by atoms with van der Waals surface area (Å²) < 4.78 is 4.07. The first-order valence-electron chi connectivity index (χ1n) is 26.5. The molecule has 1 aliphatic heterocycles. The number of fused-ring (bicyclic) bond motifs is 3. The van der Waals surface area contributed by atoms with Crippen LogP contribution in [0.1, 0.15) is 128 Å². The number of hydrogen-bond donors (Lipinski definition) is 3. The van der Waals surface area contributed by atoms with Crippen molar-refractivity contribution in [2.24, 2.45) is 0 Å². The molecule has 10 rings (SSSR count). The van der Waals surface area contributed by atoms with Gasteiger partial charge in [-0.05, 0) is 141 Å². The van der Waals surface area contributed by atoms with Crippen LogP contribution in [0.3, 0.4) is 0 Å². The predicted molar refractivity (Wildman–Crippen MR) is 302 cm³/mol. The molecule has 3 N–H and O–H groups in total. The second-order valence-electron chi connectivity index (χ2n) is 21.2. The van der Waals surface area contributed by atoms with E-state index in [4.69, 9.17) is 4.98 Å². The molecule has 7 aromatic carbocycles. The lowest BCUT2D eigenvalue weighted by atomic mass is 9.76. The summed E-state index contributed by atoms with van der Waals surface area (Å²) in [6.45, 7) is 16.8. The maximum atomic E-state index is 13.4. The number of aliphatic hydroxyl groups excluding tert-OH is 1. The van der Waals surface area contributed by atoms with Gasteiger partial charge in [0.2, 0.25) is 0 Å². The van der Waals surface area contributed by atoms with Crippen molar-refractivity contribution >= 4 is 33.4 Å². The Morgan fingerprint density at radius 1 is 0.592 bits per heavy atom. The number of nitrogens with zero attached hydrogens (tertiary/aromatic N) is 6. The van der Waals surface area contributed by atoms with E-state index in [9.17, 15) is 24.9 Å². The fraction of sp³-hybridized carbons (Fsp3) is 0.292. The quantitative estimate of drug-likeness (QED) is 0.0870. The maximum absolute atomic E-state index is 13.4. The summed E-state index contributed by atoms with van der Waals surface area (Å²) in [6.07, 6.45) is 7.89. The van der Waals surface area contributed by atoms with Crippen molar-refractivity contribution in [3.8, 4) is 0 Å². The topological polar surface area (TPSA) is 137 Å². The minimum Gasteiger partial charge on any atom is -0.396 e. The first-order chi connectivity index (χ1) is 36.5. The minimum atomic E-state index is -1.58. The van der Waals surface area contributed by atoms with Gasteiger partial charge in [0.15, 0.2) is 0 Å². The molecule has 11 heteroatoms. The van der Waals surface area contributed by atoms with Gasteiger partial charge in [0.1, 0.15) is 16.7 Å². The fourth-order valence-corrected chi connectivity index (χ4v) is 11.5. The Bertz CT molecular complexity index is 3350. The van der Waals surface area contributed by atoms with Crippen LogP contribution in [0.2, 0.25) is 0 Å². The van der Waals surface area contributed by atoms with E-state index in [2.05, 4.69) is 45.9 Å². The van der Waals surface area contributed by atoms with Crippen LogP contribution in [0.4, 0.5) is 0 Å². The first kappa shape index (κ1) is 53.1. The number of aryl methyl sites for hydroxylation is 1. The molecule has 0 fully saturated rings. The fourth-order valence-electron chi connectivity index (χ4n) is 11.5. The molecular formula is C65H70N6O5. The van der Waals surface area contributed by atoms with Crippen LogP contribution in [0.25, 0.3) is 21.5 Å². The third kappa shape index (κ3) is 9.86. The Morgan fingerprint density at radius 2 is 1.05 bits per heavy atom. The Hall–Kier alpha value is -7.70. The molecular weight excluding hydrogens is 945 g/mol. The second-order valence-corrected chi connectivity index (χ2v) is 21.2. The number of carbonyl (C=O) groups is 2. The van der Waals surface area contributed by atoms with Gasteiger partial charge >= 0.3 is 0 Å². The third-order valence-electron chi connectivity index (χ3n) is 15.1. The smallest absolute Gasteiger partial charge is 0.254 e. The number of benzene rings is 7. The van der Waals surface area contributed by atoms with E-state index in [-0.39, 0.29) is 49.0 Å². The number of amides is 2. The lowest BCUT2D eigenvalue weighted by molar-refractivity contribution is 0.0472. The number of aliphatic hydroxyl groups is 3. The molecule has 76 heavy (non-hydrogen) atoms. The molecule has 9 aromatic rings. The van der Waals surface area contributed by atoms with Gasteiger partial charge in [0.05, 0.1) is 30.2 Å². The van der Waals surface area contributed by atoms with E-state index in [1.54, 1.807) is 18.9 Å². The van der Waals surface area contributed by atoms with Crippen molar-refractivity contribution in [1.82, 2.24) is 28.9 Å². The summed E-state index contributed by atoms with van der Waals surface area (Å²) in [4.78, 5) is 39.2. The van der Waals surface area contributed by atoms with Gasteiger partial charge in [-0.15, -0.1) is 0 Å². The van der Waals surface area contributed by atoms with Crippen LogP contribution in [0, 0.1) is 0 Å². The molecule has 2 amide bonds. The van der Waals surface area contributed by atoms with Gasteiger partial charge in [0, 0.05) is 67.5 Å². The zero-order valence-electron chi connectivity index (χ0n) is 44.9. The molecule has 2 atom stereocenters. The van der Waals surface area contributed by atoms with E-state index in [0.717, 1.165) is 56.0 Å². The maximum Gasteiger partial charge on any atom is 0.254 e. The molecule has 0 bridgehead atoms. The summed E-state index contributed by atoms with van der Waals surface area (Å²) in [5, 5.41) is 37.8. The largest absolute Gasteiger partial charge is 0.396 e. The van der Waals surface area contributed by atoms with Crippen molar-refractivity contribution in [1.29, 1.82) is 0 Å². The molecule has 390 valence electrons. The number of carbonyl (C=O) groups excluding carboxylic acids is 2. The normalized spacial score (nSPS) is 15.2. The highest BCUT2D eigenvalue weighted by Gasteiger charge is 2.42. The Morgan fingerprint density at radius 3 is 1.54 bits per heavy atom. The lowest BCUT2D eigenvalue weighted by Crippen LogP contribution is -2.42. The monoisotopic (exact) mass is 1010 g/mol. The van der Waals surface area contributed by atoms with Gasteiger partial charge in [0.25, 0.3) is 11.8 Å². The Labute approximate surface area is 446 Å². The molecule has 0 saturated heterocycles. The molecule has 11 nitrogen and oxygen atoms in total. The average molecular weight is 1020 g/mol. The van der Waals surface area contributed by atoms with Crippen LogP contribution in [-0.2, 0) is 23.3 Å². The number of aromatic nitrogens is 4. The number of imidazole rings is 2. The van der Waals surface area contributed by atoms with E-state index < -0.39 is 16.7 Å². The molecule has 2 aromatic heterocycles. The molecule has 0 radical (unpaired) electrons. The highest BCUT2D eigenvalue weighted by molar-refractivity contribution is 6.00. The summed E-state index contributed by atoms with van der Waals surface area (Å²) in [5.74, 6) is 0.0429. The highest BCUT2D eigenvalue weighted by Crippen LogP contribution is 2.43. The molecule has 2 unspecified atom stereocenters. The van der Waals surface area contributed by atoms with Crippen molar-refractivity contribution in [2.45, 2.75) is 116 Å². The number of hydrogen-bond acceptors (Lipinski definition) is 7. The molecule has 0 saturated carbocycles. The molecule has 0 spiro atoms. The van der Waals surface area contributed by atoms with E-state index in [1.165, 1.54) is 0 Å². The van der Waals surface area contributed by atoms with Gasteiger partial charge in [-0.1, -0.05) is 127 Å². The standard InChI is InChI=1S/C42H43N3O3.C23H27N3O2/c1-30(2)45(31(3)4)40(47)34-21-20-33-27-38(23-22-32(33)26-34)41(48,24-25-46)39-28-44(29-43-39)42(35-14-8-5-9-15-35,36-16-10-6-11-17-36)37-18-12-7-13-19-37;1-15(2)26(16(3)4)22(27)19-6-5-18-12-20(8-7-17(18)11-19)23(28)9-10-25-14-24-13-21(23)25/h5-23,26-31,46,48H,24-25H2,1-4H3;5-8,11-16,28H,9-10H2,1-4H3. The van der Waals surface area contributed by atoms with Crippen LogP contribution in [0.15, 0.2) is 189 Å². The van der Waals surface area contributed by atoms with Crippen LogP contribution in [-0.4, -0.2) is 86.8 Å². The first-order valence-corrected chi connectivity index (χ1v) is 26.5. The van der Waals surface area contributed by atoms with Crippen molar-refractivity contribution < 1.29 is 24.9 Å². The molecule has 1 aliphatic rings. The molecule has 0 aliphatic carbocycles. The van der Waals surface area contributed by atoms with Crippen molar-refractivity contribution in [2.75, 3.05) is 6.61 Å². The van der Waals surface area contributed by atoms with Gasteiger partial charge in [-0.3, -0.25) is 9.59 Å².